The molecular formula is C13H17FN2O3. The van der Waals surface area contributed by atoms with E-state index in [1.165, 1.54) is 12.1 Å². The Hall–Kier alpha value is -1.53. The Morgan fingerprint density at radius 1 is 1.53 bits per heavy atom. The summed E-state index contributed by atoms with van der Waals surface area (Å²) < 4.78 is 18.9. The molecule has 2 rings (SSSR count). The maximum absolute atomic E-state index is 13.4. The number of nitrogens with zero attached hydrogens (tertiary/aromatic N) is 1. The molecule has 1 fully saturated rings. The van der Waals surface area contributed by atoms with Crippen LogP contribution in [0.3, 0.4) is 0 Å². The van der Waals surface area contributed by atoms with Gasteiger partial charge < -0.3 is 10.1 Å². The molecule has 104 valence electrons. The minimum absolute atomic E-state index is 0.283. The number of hydrogen-bond donors (Lipinski definition) is 1. The molecule has 1 heterocycles. The van der Waals surface area contributed by atoms with Crippen LogP contribution in [0.15, 0.2) is 18.2 Å². The molecule has 1 aromatic rings. The summed E-state index contributed by atoms with van der Waals surface area (Å²) in [5.41, 5.74) is 0.118. The van der Waals surface area contributed by atoms with E-state index >= 15 is 0 Å². The summed E-state index contributed by atoms with van der Waals surface area (Å²) in [6.07, 6.45) is 2.29. The lowest BCUT2D eigenvalue weighted by atomic mass is 10.0. The van der Waals surface area contributed by atoms with Gasteiger partial charge in [0.1, 0.15) is 0 Å². The summed E-state index contributed by atoms with van der Waals surface area (Å²) in [7, 11) is 0. The average molecular weight is 268 g/mol. The second-order valence-electron chi connectivity index (χ2n) is 4.77. The van der Waals surface area contributed by atoms with E-state index in [0.717, 1.165) is 32.0 Å². The molecule has 19 heavy (non-hydrogen) atoms. The van der Waals surface area contributed by atoms with E-state index < -0.39 is 16.4 Å². The highest BCUT2D eigenvalue weighted by Gasteiger charge is 2.15. The first-order valence-electron chi connectivity index (χ1n) is 6.38. The van der Waals surface area contributed by atoms with Gasteiger partial charge in [0.15, 0.2) is 0 Å². The molecule has 1 N–H and O–H groups in total. The molecule has 0 spiro atoms. The predicted molar refractivity (Wildman–Crippen MR) is 68.3 cm³/mol. The molecule has 1 saturated heterocycles. The van der Waals surface area contributed by atoms with Gasteiger partial charge in [0.2, 0.25) is 5.82 Å². The monoisotopic (exact) mass is 268 g/mol. The Labute approximate surface area is 110 Å². The number of hydrogen-bond acceptors (Lipinski definition) is 4. The van der Waals surface area contributed by atoms with Crippen LogP contribution in [-0.4, -0.2) is 24.6 Å². The molecule has 0 saturated carbocycles. The van der Waals surface area contributed by atoms with Crippen LogP contribution in [0.2, 0.25) is 0 Å². The third-order valence-corrected chi connectivity index (χ3v) is 3.23. The zero-order valence-corrected chi connectivity index (χ0v) is 10.6. The van der Waals surface area contributed by atoms with Gasteiger partial charge in [-0.15, -0.1) is 0 Å². The molecular weight excluding hydrogens is 251 g/mol. The van der Waals surface area contributed by atoms with Gasteiger partial charge in [-0.05, 0) is 43.0 Å². The van der Waals surface area contributed by atoms with Crippen LogP contribution >= 0.6 is 0 Å². The minimum Gasteiger partial charge on any atom is -0.376 e. The van der Waals surface area contributed by atoms with E-state index in [0.29, 0.717) is 18.1 Å². The summed E-state index contributed by atoms with van der Waals surface area (Å²) in [6.45, 7) is 2.93. The first-order chi connectivity index (χ1) is 9.16. The van der Waals surface area contributed by atoms with Gasteiger partial charge in [-0.2, -0.15) is 4.39 Å². The number of nitro groups is 1. The largest absolute Gasteiger partial charge is 0.376 e. The highest BCUT2D eigenvalue weighted by molar-refractivity contribution is 5.34. The lowest BCUT2D eigenvalue weighted by Gasteiger charge is -2.22. The van der Waals surface area contributed by atoms with Crippen molar-refractivity contribution < 1.29 is 14.1 Å². The fourth-order valence-electron chi connectivity index (χ4n) is 2.20. The summed E-state index contributed by atoms with van der Waals surface area (Å²) >= 11 is 0. The maximum Gasteiger partial charge on any atom is 0.304 e. The van der Waals surface area contributed by atoms with E-state index in [9.17, 15) is 14.5 Å². The highest BCUT2D eigenvalue weighted by Crippen LogP contribution is 2.19. The Morgan fingerprint density at radius 2 is 2.37 bits per heavy atom. The van der Waals surface area contributed by atoms with Crippen molar-refractivity contribution in [3.63, 3.8) is 0 Å². The Kier molecular flexibility index (Phi) is 4.81. The summed E-state index contributed by atoms with van der Waals surface area (Å²) in [5.74, 6) is -0.318. The van der Waals surface area contributed by atoms with E-state index in [-0.39, 0.29) is 6.61 Å². The summed E-state index contributed by atoms with van der Waals surface area (Å²) in [6, 6.07) is 3.87. The van der Waals surface area contributed by atoms with Crippen molar-refractivity contribution in [3.8, 4) is 0 Å². The van der Waals surface area contributed by atoms with Crippen molar-refractivity contribution in [2.45, 2.75) is 19.4 Å². The number of halogens is 1. The van der Waals surface area contributed by atoms with E-state index in [2.05, 4.69) is 5.32 Å². The van der Waals surface area contributed by atoms with Gasteiger partial charge in [-0.1, -0.05) is 0 Å². The number of piperidine rings is 1. The molecule has 5 nitrogen and oxygen atoms in total. The van der Waals surface area contributed by atoms with Crippen LogP contribution in [-0.2, 0) is 11.3 Å². The van der Waals surface area contributed by atoms with Crippen molar-refractivity contribution >= 4 is 5.69 Å². The number of nitrogens with one attached hydrogen (secondary N) is 1. The third-order valence-electron chi connectivity index (χ3n) is 3.23. The summed E-state index contributed by atoms with van der Waals surface area (Å²) in [5, 5.41) is 13.8. The Morgan fingerprint density at radius 3 is 3.00 bits per heavy atom. The second kappa shape index (κ2) is 6.58. The van der Waals surface area contributed by atoms with Crippen molar-refractivity contribution in [2.24, 2.45) is 5.92 Å². The van der Waals surface area contributed by atoms with Crippen LogP contribution < -0.4 is 5.32 Å². The highest BCUT2D eigenvalue weighted by atomic mass is 19.1. The van der Waals surface area contributed by atoms with E-state index in [1.54, 1.807) is 0 Å². The SMILES string of the molecule is O=[N+]([O-])c1ccc(COCC2CCCNC2)cc1F. The fraction of sp³-hybridized carbons (Fsp3) is 0.538. The molecule has 0 aromatic heterocycles. The third kappa shape index (κ3) is 3.97. The zero-order chi connectivity index (χ0) is 13.7. The van der Waals surface area contributed by atoms with Crippen molar-refractivity contribution in [2.75, 3.05) is 19.7 Å². The normalized spacial score (nSPS) is 19.3. The zero-order valence-electron chi connectivity index (χ0n) is 10.6. The van der Waals surface area contributed by atoms with Crippen LogP contribution in [0.25, 0.3) is 0 Å². The van der Waals surface area contributed by atoms with Crippen LogP contribution in [0.1, 0.15) is 18.4 Å². The van der Waals surface area contributed by atoms with Crippen molar-refractivity contribution in [1.82, 2.24) is 5.32 Å². The quantitative estimate of drug-likeness (QED) is 0.657. The van der Waals surface area contributed by atoms with Crippen LogP contribution in [0.5, 0.6) is 0 Å². The topological polar surface area (TPSA) is 64.4 Å². The Balaban J connectivity index is 1.82. The molecule has 1 atom stereocenters. The standard InChI is InChI=1S/C13H17FN2O3/c14-12-6-10(3-4-13(12)16(17)18)8-19-9-11-2-1-5-15-7-11/h3-4,6,11,15H,1-2,5,7-9H2. The van der Waals surface area contributed by atoms with E-state index in [4.69, 9.17) is 4.74 Å². The Bertz CT molecular complexity index is 448. The predicted octanol–water partition coefficient (Wildman–Crippen LogP) is 2.25. The average Bonchev–Trinajstić information content (AvgIpc) is 2.39. The first kappa shape index (κ1) is 13.9. The fourth-order valence-corrected chi connectivity index (χ4v) is 2.20. The van der Waals surface area contributed by atoms with Crippen LogP contribution in [0, 0.1) is 21.8 Å². The van der Waals surface area contributed by atoms with Gasteiger partial charge in [0.25, 0.3) is 0 Å². The molecule has 0 amide bonds. The molecule has 0 bridgehead atoms. The molecule has 1 aromatic carbocycles. The smallest absolute Gasteiger partial charge is 0.304 e. The first-order valence-corrected chi connectivity index (χ1v) is 6.38. The van der Waals surface area contributed by atoms with Crippen molar-refractivity contribution in [3.05, 3.63) is 39.7 Å². The number of ether oxygens (including phenoxy) is 1. The lowest BCUT2D eigenvalue weighted by Crippen LogP contribution is -2.32. The second-order valence-corrected chi connectivity index (χ2v) is 4.77. The number of nitro benzene ring substituents is 1. The van der Waals surface area contributed by atoms with Crippen molar-refractivity contribution in [1.29, 1.82) is 0 Å². The molecule has 0 aliphatic carbocycles. The van der Waals surface area contributed by atoms with Gasteiger partial charge in [-0.3, -0.25) is 10.1 Å². The maximum atomic E-state index is 13.4. The molecule has 1 aliphatic rings. The number of benzene rings is 1. The molecule has 0 radical (unpaired) electrons. The molecule has 6 heteroatoms. The van der Waals surface area contributed by atoms with Gasteiger partial charge in [0, 0.05) is 12.6 Å². The van der Waals surface area contributed by atoms with Gasteiger partial charge in [-0.25, -0.2) is 0 Å². The molecule has 1 aliphatic heterocycles. The van der Waals surface area contributed by atoms with Crippen LogP contribution in [0.4, 0.5) is 10.1 Å². The van der Waals surface area contributed by atoms with E-state index in [1.807, 2.05) is 0 Å². The number of rotatable bonds is 5. The van der Waals surface area contributed by atoms with Gasteiger partial charge >= 0.3 is 5.69 Å². The lowest BCUT2D eigenvalue weighted by molar-refractivity contribution is -0.387. The minimum atomic E-state index is -0.814. The summed E-state index contributed by atoms with van der Waals surface area (Å²) in [4.78, 5) is 9.75. The van der Waals surface area contributed by atoms with Gasteiger partial charge in [0.05, 0.1) is 18.1 Å². The molecule has 1 unspecified atom stereocenters.